The van der Waals surface area contributed by atoms with Crippen molar-refractivity contribution in [3.63, 3.8) is 0 Å². The van der Waals surface area contributed by atoms with E-state index in [0.717, 1.165) is 43.7 Å². The van der Waals surface area contributed by atoms with E-state index in [1.165, 1.54) is 0 Å². The van der Waals surface area contributed by atoms with Crippen molar-refractivity contribution in [1.29, 1.82) is 0 Å². The lowest BCUT2D eigenvalue weighted by atomic mass is 9.91. The summed E-state index contributed by atoms with van der Waals surface area (Å²) in [4.78, 5) is 14.2. The molecule has 0 spiro atoms. The summed E-state index contributed by atoms with van der Waals surface area (Å²) < 4.78 is 5.64. The highest BCUT2D eigenvalue weighted by molar-refractivity contribution is 5.91. The number of hydrogen-bond acceptors (Lipinski definition) is 3. The number of likely N-dealkylation sites (tertiary alicyclic amines) is 1. The molecular weight excluding hydrogens is 276 g/mol. The summed E-state index contributed by atoms with van der Waals surface area (Å²) >= 11 is 0. The molecule has 114 valence electrons. The Kier molecular flexibility index (Phi) is 6.08. The van der Waals surface area contributed by atoms with E-state index in [-0.39, 0.29) is 24.4 Å². The SMILES string of the molecule is CCc1oc(C(=O)N2CCC(C(C)N)CC2)cc1C.Cl. The highest BCUT2D eigenvalue weighted by Gasteiger charge is 2.27. The third kappa shape index (κ3) is 3.55. The van der Waals surface area contributed by atoms with Crippen molar-refractivity contribution < 1.29 is 9.21 Å². The van der Waals surface area contributed by atoms with Gasteiger partial charge in [-0.3, -0.25) is 4.79 Å². The van der Waals surface area contributed by atoms with Gasteiger partial charge in [-0.15, -0.1) is 12.4 Å². The fourth-order valence-corrected chi connectivity index (χ4v) is 2.76. The Morgan fingerprint density at radius 1 is 1.50 bits per heavy atom. The Hall–Kier alpha value is -1.00. The van der Waals surface area contributed by atoms with Crippen LogP contribution in [0.15, 0.2) is 10.5 Å². The molecule has 0 aromatic carbocycles. The van der Waals surface area contributed by atoms with Crippen LogP contribution >= 0.6 is 12.4 Å². The van der Waals surface area contributed by atoms with Crippen LogP contribution in [0.4, 0.5) is 0 Å². The van der Waals surface area contributed by atoms with Gasteiger partial charge in [0.1, 0.15) is 5.76 Å². The predicted octanol–water partition coefficient (Wildman–Crippen LogP) is 2.77. The molecule has 0 aliphatic carbocycles. The number of aryl methyl sites for hydroxylation is 2. The number of amides is 1. The molecule has 2 rings (SSSR count). The molecule has 5 heteroatoms. The van der Waals surface area contributed by atoms with Gasteiger partial charge in [0.2, 0.25) is 0 Å². The third-order valence-corrected chi connectivity index (χ3v) is 4.12. The number of carbonyl (C=O) groups excluding carboxylic acids is 1. The molecular formula is C15H25ClN2O2. The molecule has 1 saturated heterocycles. The number of piperidine rings is 1. The van der Waals surface area contributed by atoms with E-state index in [1.807, 2.05) is 31.7 Å². The van der Waals surface area contributed by atoms with Gasteiger partial charge in [0.05, 0.1) is 0 Å². The molecule has 0 bridgehead atoms. The molecule has 2 N–H and O–H groups in total. The summed E-state index contributed by atoms with van der Waals surface area (Å²) in [5, 5.41) is 0. The summed E-state index contributed by atoms with van der Waals surface area (Å²) in [7, 11) is 0. The van der Waals surface area contributed by atoms with Crippen LogP contribution in [0.3, 0.4) is 0 Å². The van der Waals surface area contributed by atoms with Crippen molar-refractivity contribution in [2.24, 2.45) is 11.7 Å². The van der Waals surface area contributed by atoms with Gasteiger partial charge in [-0.25, -0.2) is 0 Å². The molecule has 1 aromatic heterocycles. The first-order chi connectivity index (χ1) is 9.02. The Morgan fingerprint density at radius 3 is 2.55 bits per heavy atom. The van der Waals surface area contributed by atoms with Crippen LogP contribution < -0.4 is 5.73 Å². The molecule has 2 heterocycles. The Labute approximate surface area is 127 Å². The Bertz CT molecular complexity index is 449. The summed E-state index contributed by atoms with van der Waals surface area (Å²) in [6.45, 7) is 7.64. The van der Waals surface area contributed by atoms with E-state index in [9.17, 15) is 4.79 Å². The van der Waals surface area contributed by atoms with Crippen molar-refractivity contribution in [3.8, 4) is 0 Å². The van der Waals surface area contributed by atoms with E-state index in [1.54, 1.807) is 0 Å². The summed E-state index contributed by atoms with van der Waals surface area (Å²) in [5.41, 5.74) is 6.99. The zero-order chi connectivity index (χ0) is 14.0. The van der Waals surface area contributed by atoms with Crippen LogP contribution in [0.5, 0.6) is 0 Å². The van der Waals surface area contributed by atoms with Crippen molar-refractivity contribution in [1.82, 2.24) is 4.90 Å². The van der Waals surface area contributed by atoms with E-state index >= 15 is 0 Å². The lowest BCUT2D eigenvalue weighted by Crippen LogP contribution is -2.42. The van der Waals surface area contributed by atoms with Gasteiger partial charge in [0.25, 0.3) is 5.91 Å². The molecule has 1 amide bonds. The molecule has 0 saturated carbocycles. The maximum Gasteiger partial charge on any atom is 0.289 e. The second kappa shape index (κ2) is 7.14. The quantitative estimate of drug-likeness (QED) is 0.934. The van der Waals surface area contributed by atoms with Gasteiger partial charge in [0.15, 0.2) is 5.76 Å². The minimum atomic E-state index is 0. The molecule has 1 fully saturated rings. The summed E-state index contributed by atoms with van der Waals surface area (Å²) in [6, 6.07) is 2.08. The molecule has 0 radical (unpaired) electrons. The fourth-order valence-electron chi connectivity index (χ4n) is 2.76. The number of hydrogen-bond donors (Lipinski definition) is 1. The molecule has 1 unspecified atom stereocenters. The first-order valence-electron chi connectivity index (χ1n) is 7.17. The number of nitrogens with two attached hydrogens (primary N) is 1. The first kappa shape index (κ1) is 17.1. The Morgan fingerprint density at radius 2 is 2.10 bits per heavy atom. The molecule has 1 aliphatic heterocycles. The average Bonchev–Trinajstić information content (AvgIpc) is 2.79. The van der Waals surface area contributed by atoms with Crippen molar-refractivity contribution in [2.45, 2.75) is 46.1 Å². The highest BCUT2D eigenvalue weighted by Crippen LogP contribution is 2.23. The predicted molar refractivity (Wildman–Crippen MR) is 82.3 cm³/mol. The first-order valence-corrected chi connectivity index (χ1v) is 7.17. The minimum absolute atomic E-state index is 0. The normalized spacial score (nSPS) is 17.7. The third-order valence-electron chi connectivity index (χ3n) is 4.12. The molecule has 4 nitrogen and oxygen atoms in total. The number of carbonyl (C=O) groups is 1. The van der Waals surface area contributed by atoms with E-state index < -0.39 is 0 Å². The highest BCUT2D eigenvalue weighted by atomic mass is 35.5. The van der Waals surface area contributed by atoms with Crippen LogP contribution in [0.2, 0.25) is 0 Å². The van der Waals surface area contributed by atoms with Gasteiger partial charge < -0.3 is 15.1 Å². The van der Waals surface area contributed by atoms with Gasteiger partial charge in [-0.05, 0) is 44.2 Å². The smallest absolute Gasteiger partial charge is 0.289 e. The molecule has 1 aromatic rings. The maximum atomic E-state index is 12.4. The zero-order valence-corrected chi connectivity index (χ0v) is 13.3. The van der Waals surface area contributed by atoms with Gasteiger partial charge in [-0.1, -0.05) is 6.92 Å². The largest absolute Gasteiger partial charge is 0.456 e. The van der Waals surface area contributed by atoms with E-state index in [4.69, 9.17) is 10.2 Å². The zero-order valence-electron chi connectivity index (χ0n) is 12.5. The van der Waals surface area contributed by atoms with E-state index in [2.05, 4.69) is 0 Å². The summed E-state index contributed by atoms with van der Waals surface area (Å²) in [6.07, 6.45) is 2.80. The second-order valence-electron chi connectivity index (χ2n) is 5.56. The van der Waals surface area contributed by atoms with Crippen LogP contribution in [0, 0.1) is 12.8 Å². The lowest BCUT2D eigenvalue weighted by molar-refractivity contribution is 0.0647. The molecule has 1 aliphatic rings. The topological polar surface area (TPSA) is 59.5 Å². The van der Waals surface area contributed by atoms with Crippen molar-refractivity contribution in [2.75, 3.05) is 13.1 Å². The number of halogens is 1. The fraction of sp³-hybridized carbons (Fsp3) is 0.667. The van der Waals surface area contributed by atoms with Crippen LogP contribution in [-0.4, -0.2) is 29.9 Å². The number of furan rings is 1. The van der Waals surface area contributed by atoms with Crippen molar-refractivity contribution in [3.05, 3.63) is 23.2 Å². The minimum Gasteiger partial charge on any atom is -0.456 e. The van der Waals surface area contributed by atoms with E-state index in [0.29, 0.717) is 11.7 Å². The Balaban J connectivity index is 0.00000200. The molecule has 1 atom stereocenters. The van der Waals surface area contributed by atoms with Crippen LogP contribution in [0.1, 0.15) is 48.6 Å². The van der Waals surface area contributed by atoms with Gasteiger partial charge in [0, 0.05) is 25.6 Å². The molecule has 20 heavy (non-hydrogen) atoms. The standard InChI is InChI=1S/C15H24N2O2.ClH/c1-4-13-10(2)9-14(19-13)15(18)17-7-5-12(6-8-17)11(3)16;/h9,11-12H,4-8,16H2,1-3H3;1H. The van der Waals surface area contributed by atoms with Gasteiger partial charge in [-0.2, -0.15) is 0 Å². The number of rotatable bonds is 3. The summed E-state index contributed by atoms with van der Waals surface area (Å²) in [5.74, 6) is 1.95. The number of nitrogens with zero attached hydrogens (tertiary/aromatic N) is 1. The second-order valence-corrected chi connectivity index (χ2v) is 5.56. The van der Waals surface area contributed by atoms with Crippen LogP contribution in [0.25, 0.3) is 0 Å². The van der Waals surface area contributed by atoms with Crippen LogP contribution in [-0.2, 0) is 6.42 Å². The monoisotopic (exact) mass is 300 g/mol. The lowest BCUT2D eigenvalue weighted by Gasteiger charge is -2.33. The van der Waals surface area contributed by atoms with Crippen molar-refractivity contribution >= 4 is 18.3 Å². The van der Waals surface area contributed by atoms with Gasteiger partial charge >= 0.3 is 0 Å². The average molecular weight is 301 g/mol. The maximum absolute atomic E-state index is 12.4.